The zero-order valence-electron chi connectivity index (χ0n) is 47.5. The molecule has 8 aromatic carbocycles. The lowest BCUT2D eigenvalue weighted by Crippen LogP contribution is -2.62. The molecule has 2 aliphatic heterocycles. The SMILES string of the molecule is Cc1cc2c3c(c1)N(c1ccc4c(c1)C(C)(C)CCC4(C)C)c1cc4c(cc1B3c1ccc(N(c3ccccc3C)c3ccccc3C)cc1N2c1ccc2c(c1)oc1cc(C(C)(C)C)ccc12)C(C)(C)CCC4(C)C. The number of aryl methyl sites for hydroxylation is 3. The number of rotatable bonds is 5. The van der Waals surface area contributed by atoms with Gasteiger partial charge in [0.1, 0.15) is 11.2 Å². The quantitative estimate of drug-likeness (QED) is 0.160. The van der Waals surface area contributed by atoms with E-state index in [1.165, 1.54) is 107 Å². The molecule has 0 radical (unpaired) electrons. The summed E-state index contributed by atoms with van der Waals surface area (Å²) in [5, 5.41) is 2.28. The molecule has 1 aromatic heterocycles. The largest absolute Gasteiger partial charge is 0.456 e. The van der Waals surface area contributed by atoms with Crippen molar-refractivity contribution in [3.05, 3.63) is 190 Å². The number of hydrogen-bond donors (Lipinski definition) is 0. The lowest BCUT2D eigenvalue weighted by atomic mass is 9.33. The topological polar surface area (TPSA) is 22.9 Å². The Hall–Kier alpha value is -6.98. The number of hydrogen-bond acceptors (Lipinski definition) is 4. The van der Waals surface area contributed by atoms with Crippen molar-refractivity contribution in [2.45, 2.75) is 150 Å². The second-order valence-electron chi connectivity index (χ2n) is 26.9. The second kappa shape index (κ2) is 16.5. The van der Waals surface area contributed by atoms with Gasteiger partial charge in [-0.15, -0.1) is 0 Å². The van der Waals surface area contributed by atoms with Crippen LogP contribution in [0.25, 0.3) is 21.9 Å². The van der Waals surface area contributed by atoms with Gasteiger partial charge in [-0.1, -0.05) is 143 Å². The van der Waals surface area contributed by atoms with Crippen LogP contribution in [-0.2, 0) is 27.1 Å². The van der Waals surface area contributed by atoms with Gasteiger partial charge in [-0.2, -0.15) is 0 Å². The van der Waals surface area contributed by atoms with Crippen molar-refractivity contribution < 1.29 is 4.42 Å². The van der Waals surface area contributed by atoms with Crippen LogP contribution in [0.15, 0.2) is 150 Å². The molecule has 5 heteroatoms. The Balaban J connectivity index is 1.12. The predicted octanol–water partition coefficient (Wildman–Crippen LogP) is 18.1. The normalized spacial score (nSPS) is 17.5. The van der Waals surface area contributed by atoms with E-state index in [-0.39, 0.29) is 33.8 Å². The number of furan rings is 1. The minimum Gasteiger partial charge on any atom is -0.456 e. The third kappa shape index (κ3) is 7.38. The highest BCUT2D eigenvalue weighted by atomic mass is 16.3. The minimum atomic E-state index is -0.0348. The van der Waals surface area contributed by atoms with E-state index in [4.69, 9.17) is 4.42 Å². The highest BCUT2D eigenvalue weighted by molar-refractivity contribution is 7.00. The Kier molecular flexibility index (Phi) is 10.6. The van der Waals surface area contributed by atoms with Gasteiger partial charge in [-0.25, -0.2) is 0 Å². The van der Waals surface area contributed by atoms with Gasteiger partial charge in [-0.3, -0.25) is 0 Å². The van der Waals surface area contributed by atoms with Gasteiger partial charge in [-0.05, 0) is 207 Å². The summed E-state index contributed by atoms with van der Waals surface area (Å²) in [4.78, 5) is 7.74. The third-order valence-corrected chi connectivity index (χ3v) is 18.8. The monoisotopic (exact) mass is 996 g/mol. The van der Waals surface area contributed by atoms with Crippen LogP contribution in [0.3, 0.4) is 0 Å². The van der Waals surface area contributed by atoms with Crippen molar-refractivity contribution in [2.75, 3.05) is 14.7 Å². The van der Waals surface area contributed by atoms with Crippen molar-refractivity contribution >= 4 is 96.2 Å². The van der Waals surface area contributed by atoms with Crippen molar-refractivity contribution in [3.8, 4) is 0 Å². The number of fused-ring (bicyclic) bond motifs is 9. The van der Waals surface area contributed by atoms with Crippen molar-refractivity contribution in [1.82, 2.24) is 0 Å². The Morgan fingerprint density at radius 2 is 0.961 bits per heavy atom. The van der Waals surface area contributed by atoms with E-state index in [1.807, 2.05) is 0 Å². The molecule has 0 atom stereocenters. The first kappa shape index (κ1) is 48.7. The van der Waals surface area contributed by atoms with Gasteiger partial charge < -0.3 is 19.1 Å². The molecule has 13 rings (SSSR count). The van der Waals surface area contributed by atoms with Gasteiger partial charge in [0.25, 0.3) is 6.71 Å². The summed E-state index contributed by atoms with van der Waals surface area (Å²) >= 11 is 0. The first-order valence-electron chi connectivity index (χ1n) is 28.1. The van der Waals surface area contributed by atoms with Crippen LogP contribution < -0.4 is 31.1 Å². The maximum Gasteiger partial charge on any atom is 0.252 e. The van der Waals surface area contributed by atoms with E-state index >= 15 is 0 Å². The highest BCUT2D eigenvalue weighted by Crippen LogP contribution is 2.54. The van der Waals surface area contributed by atoms with Gasteiger partial charge in [0.15, 0.2) is 0 Å². The van der Waals surface area contributed by atoms with Crippen LogP contribution in [0.2, 0.25) is 0 Å². The number of anilines is 9. The van der Waals surface area contributed by atoms with Gasteiger partial charge >= 0.3 is 0 Å². The van der Waals surface area contributed by atoms with E-state index in [0.29, 0.717) is 0 Å². The van der Waals surface area contributed by atoms with E-state index in [1.54, 1.807) is 0 Å². The molecule has 9 aromatic rings. The molecule has 0 saturated heterocycles. The van der Waals surface area contributed by atoms with Crippen LogP contribution in [0.4, 0.5) is 51.2 Å². The lowest BCUT2D eigenvalue weighted by Gasteiger charge is -2.48. The van der Waals surface area contributed by atoms with Gasteiger partial charge in [0, 0.05) is 68.0 Å². The molecule has 0 unspecified atom stereocenters. The van der Waals surface area contributed by atoms with Crippen molar-refractivity contribution in [2.24, 2.45) is 0 Å². The molecule has 382 valence electrons. The summed E-state index contributed by atoms with van der Waals surface area (Å²) in [6.07, 6.45) is 4.66. The first-order valence-corrected chi connectivity index (χ1v) is 28.1. The third-order valence-electron chi connectivity index (χ3n) is 18.8. The Morgan fingerprint density at radius 3 is 1.55 bits per heavy atom. The summed E-state index contributed by atoms with van der Waals surface area (Å²) in [5.41, 5.74) is 27.7. The molecule has 0 amide bonds. The van der Waals surface area contributed by atoms with E-state index in [0.717, 1.165) is 52.6 Å². The highest BCUT2D eigenvalue weighted by Gasteiger charge is 2.47. The average molecular weight is 996 g/mol. The van der Waals surface area contributed by atoms with Gasteiger partial charge in [0.05, 0.1) is 0 Å². The molecule has 4 aliphatic rings. The summed E-state index contributed by atoms with van der Waals surface area (Å²) in [7, 11) is 0. The fraction of sp³-hybridized carbons (Fsp3) is 0.324. The smallest absolute Gasteiger partial charge is 0.252 e. The summed E-state index contributed by atoms with van der Waals surface area (Å²) in [5.74, 6) is 0. The maximum absolute atomic E-state index is 6.94. The van der Waals surface area contributed by atoms with Crippen LogP contribution in [0.1, 0.15) is 146 Å². The standard InChI is InChI=1S/C71H74BN3O/c1-43-35-62-66-63(36-43)75(49-24-28-51-50-27-23-46(67(4,5)6)37-64(50)76-65(51)40-49)60-39-48(73(58-21-17-15-19-44(58)2)59-22-18-16-20-45(59)3)26-30-56(60)72(66)57-41-54-55(71(13,14)34-33-70(54,11)12)42-61(57)74(62)47-25-29-52-53(38-47)69(9,10)32-31-68(52,7)8/h15-30,35-42H,31-34H2,1-14H3. The predicted molar refractivity (Wildman–Crippen MR) is 326 cm³/mol. The Labute approximate surface area is 452 Å². The molecule has 0 saturated carbocycles. The number of benzene rings is 8. The van der Waals surface area contributed by atoms with Crippen LogP contribution in [0.5, 0.6) is 0 Å². The summed E-state index contributed by atoms with van der Waals surface area (Å²) < 4.78 is 6.94. The van der Waals surface area contributed by atoms with E-state index in [9.17, 15) is 0 Å². The van der Waals surface area contributed by atoms with Crippen LogP contribution in [0, 0.1) is 20.8 Å². The Morgan fingerprint density at radius 1 is 0.461 bits per heavy atom. The zero-order chi connectivity index (χ0) is 53.2. The molecule has 0 N–H and O–H groups in total. The first-order chi connectivity index (χ1) is 36.0. The molecular formula is C71H74BN3O. The minimum absolute atomic E-state index is 0.00244. The van der Waals surface area contributed by atoms with Gasteiger partial charge in [0.2, 0.25) is 0 Å². The second-order valence-corrected chi connectivity index (χ2v) is 26.9. The fourth-order valence-corrected chi connectivity index (χ4v) is 14.0. The number of nitrogens with zero attached hydrogens (tertiary/aromatic N) is 3. The molecule has 0 spiro atoms. The average Bonchev–Trinajstić information content (AvgIpc) is 3.84. The zero-order valence-corrected chi connectivity index (χ0v) is 47.5. The molecule has 4 nitrogen and oxygen atoms in total. The summed E-state index contributed by atoms with van der Waals surface area (Å²) in [6.45, 7) is 33.3. The number of para-hydroxylation sites is 2. The van der Waals surface area contributed by atoms with E-state index in [2.05, 4.69) is 257 Å². The van der Waals surface area contributed by atoms with Crippen LogP contribution >= 0.6 is 0 Å². The van der Waals surface area contributed by atoms with E-state index < -0.39 is 0 Å². The molecule has 0 bridgehead atoms. The molecular weight excluding hydrogens is 922 g/mol. The maximum atomic E-state index is 6.94. The lowest BCUT2D eigenvalue weighted by molar-refractivity contribution is 0.332. The summed E-state index contributed by atoms with van der Waals surface area (Å²) in [6, 6.07) is 56.5. The molecule has 0 fully saturated rings. The Bertz CT molecular complexity index is 3850. The van der Waals surface area contributed by atoms with Crippen molar-refractivity contribution in [1.29, 1.82) is 0 Å². The fourth-order valence-electron chi connectivity index (χ4n) is 14.0. The molecule has 2 aliphatic carbocycles. The van der Waals surface area contributed by atoms with Crippen molar-refractivity contribution in [3.63, 3.8) is 0 Å². The molecule has 3 heterocycles. The van der Waals surface area contributed by atoms with Crippen LogP contribution in [-0.4, -0.2) is 6.71 Å². The molecule has 76 heavy (non-hydrogen) atoms.